The molecule has 2 heteroatoms. The Labute approximate surface area is 54.8 Å². The van der Waals surface area contributed by atoms with Crippen LogP contribution in [0.2, 0.25) is 0 Å². The molecule has 0 aromatic carbocycles. The highest BCUT2D eigenvalue weighted by atomic mass is 16.3. The summed E-state index contributed by atoms with van der Waals surface area (Å²) in [5.74, 6) is 0.245. The van der Waals surface area contributed by atoms with Gasteiger partial charge in [0.05, 0.1) is 6.61 Å². The summed E-state index contributed by atoms with van der Waals surface area (Å²) in [7, 11) is 0. The number of aliphatic hydroxyl groups is 2. The van der Waals surface area contributed by atoms with E-state index in [0.29, 0.717) is 0 Å². The first-order valence-electron chi connectivity index (χ1n) is 3.29. The smallest absolute Gasteiger partial charge is 0.0645 e. The van der Waals surface area contributed by atoms with Gasteiger partial charge in [-0.3, -0.25) is 0 Å². The van der Waals surface area contributed by atoms with E-state index in [1.807, 2.05) is 6.08 Å². The Bertz CT molecular complexity index is 118. The topological polar surface area (TPSA) is 40.5 Å². The highest BCUT2D eigenvalue weighted by molar-refractivity contribution is 5.12. The van der Waals surface area contributed by atoms with Crippen LogP contribution in [0.1, 0.15) is 12.8 Å². The van der Waals surface area contributed by atoms with Crippen molar-refractivity contribution < 1.29 is 10.2 Å². The second-order valence-corrected chi connectivity index (χ2v) is 2.39. The summed E-state index contributed by atoms with van der Waals surface area (Å²) in [4.78, 5) is 0. The quantitative estimate of drug-likeness (QED) is 0.525. The normalized spacial score (nSPS) is 26.4. The van der Waals surface area contributed by atoms with Crippen molar-refractivity contribution in [2.24, 2.45) is 5.92 Å². The van der Waals surface area contributed by atoms with Gasteiger partial charge in [-0.15, -0.1) is 0 Å². The van der Waals surface area contributed by atoms with Crippen molar-refractivity contribution in [3.63, 3.8) is 0 Å². The third-order valence-corrected chi connectivity index (χ3v) is 1.85. The van der Waals surface area contributed by atoms with E-state index < -0.39 is 0 Å². The van der Waals surface area contributed by atoms with E-state index in [2.05, 4.69) is 0 Å². The third kappa shape index (κ3) is 1.32. The zero-order chi connectivity index (χ0) is 6.69. The van der Waals surface area contributed by atoms with Crippen LogP contribution >= 0.6 is 0 Å². The molecule has 0 radical (unpaired) electrons. The summed E-state index contributed by atoms with van der Waals surface area (Å²) in [6, 6.07) is 0. The maximum atomic E-state index is 8.72. The lowest BCUT2D eigenvalue weighted by atomic mass is 10.0. The van der Waals surface area contributed by atoms with Gasteiger partial charge in [-0.05, 0) is 18.4 Å². The Morgan fingerprint density at radius 2 is 2.33 bits per heavy atom. The molecular weight excluding hydrogens is 116 g/mol. The van der Waals surface area contributed by atoms with Crippen molar-refractivity contribution in [1.29, 1.82) is 0 Å². The van der Waals surface area contributed by atoms with Crippen molar-refractivity contribution in [3.8, 4) is 0 Å². The second-order valence-electron chi connectivity index (χ2n) is 2.39. The van der Waals surface area contributed by atoms with Crippen LogP contribution in [0, 0.1) is 5.92 Å². The molecule has 0 bridgehead atoms. The molecule has 0 aromatic rings. The number of aliphatic hydroxyl groups excluding tert-OH is 2. The molecule has 0 aromatic heterocycles. The molecule has 0 saturated carbocycles. The molecule has 0 heterocycles. The lowest BCUT2D eigenvalue weighted by molar-refractivity contribution is 0.228. The Morgan fingerprint density at radius 1 is 1.56 bits per heavy atom. The minimum Gasteiger partial charge on any atom is -0.396 e. The lowest BCUT2D eigenvalue weighted by Gasteiger charge is -2.07. The summed E-state index contributed by atoms with van der Waals surface area (Å²) < 4.78 is 0. The van der Waals surface area contributed by atoms with E-state index in [1.165, 1.54) is 0 Å². The van der Waals surface area contributed by atoms with Crippen LogP contribution in [0.4, 0.5) is 0 Å². The van der Waals surface area contributed by atoms with Crippen LogP contribution in [0.3, 0.4) is 0 Å². The van der Waals surface area contributed by atoms with Crippen LogP contribution in [-0.2, 0) is 0 Å². The fourth-order valence-electron chi connectivity index (χ4n) is 1.22. The fraction of sp³-hybridized carbons (Fsp3) is 0.714. The van der Waals surface area contributed by atoms with Crippen molar-refractivity contribution in [2.75, 3.05) is 13.2 Å². The molecule has 0 fully saturated rings. The van der Waals surface area contributed by atoms with E-state index >= 15 is 0 Å². The number of allylic oxidation sites excluding steroid dienone is 1. The summed E-state index contributed by atoms with van der Waals surface area (Å²) in [6.45, 7) is 0.303. The van der Waals surface area contributed by atoms with E-state index in [-0.39, 0.29) is 19.1 Å². The largest absolute Gasteiger partial charge is 0.396 e. The summed E-state index contributed by atoms with van der Waals surface area (Å²) >= 11 is 0. The first kappa shape index (κ1) is 6.78. The van der Waals surface area contributed by atoms with Gasteiger partial charge in [0, 0.05) is 12.5 Å². The SMILES string of the molecule is OCC1=CCC[C@H]1CO. The standard InChI is InChI=1S/C7H12O2/c8-4-6-2-1-3-7(6)5-9/h2,7-9H,1,3-5H2/t7-/m0/s1. The highest BCUT2D eigenvalue weighted by Gasteiger charge is 2.16. The van der Waals surface area contributed by atoms with Crippen molar-refractivity contribution in [3.05, 3.63) is 11.6 Å². The summed E-state index contributed by atoms with van der Waals surface area (Å²) in [5, 5.41) is 17.4. The van der Waals surface area contributed by atoms with Crippen LogP contribution in [-0.4, -0.2) is 23.4 Å². The molecule has 52 valence electrons. The fourth-order valence-corrected chi connectivity index (χ4v) is 1.22. The molecule has 1 atom stereocenters. The molecule has 0 unspecified atom stereocenters. The first-order chi connectivity index (χ1) is 4.38. The molecule has 0 spiro atoms. The average Bonchev–Trinajstić information content (AvgIpc) is 2.33. The zero-order valence-electron chi connectivity index (χ0n) is 5.38. The molecule has 9 heavy (non-hydrogen) atoms. The van der Waals surface area contributed by atoms with Gasteiger partial charge in [0.2, 0.25) is 0 Å². The monoisotopic (exact) mass is 128 g/mol. The summed E-state index contributed by atoms with van der Waals surface area (Å²) in [6.07, 6.45) is 4.04. The van der Waals surface area contributed by atoms with Gasteiger partial charge in [0.15, 0.2) is 0 Å². The Balaban J connectivity index is 2.47. The molecule has 2 nitrogen and oxygen atoms in total. The minimum absolute atomic E-state index is 0.116. The molecule has 1 aliphatic carbocycles. The van der Waals surface area contributed by atoms with E-state index in [9.17, 15) is 0 Å². The third-order valence-electron chi connectivity index (χ3n) is 1.85. The van der Waals surface area contributed by atoms with Gasteiger partial charge >= 0.3 is 0 Å². The Hall–Kier alpha value is -0.340. The molecule has 1 aliphatic rings. The van der Waals surface area contributed by atoms with Crippen LogP contribution in [0.5, 0.6) is 0 Å². The summed E-state index contributed by atoms with van der Waals surface area (Å²) in [5.41, 5.74) is 1.01. The van der Waals surface area contributed by atoms with Gasteiger partial charge < -0.3 is 10.2 Å². The zero-order valence-corrected chi connectivity index (χ0v) is 5.38. The molecule has 0 aliphatic heterocycles. The van der Waals surface area contributed by atoms with Crippen LogP contribution in [0.25, 0.3) is 0 Å². The van der Waals surface area contributed by atoms with Crippen molar-refractivity contribution in [2.45, 2.75) is 12.8 Å². The van der Waals surface area contributed by atoms with Gasteiger partial charge in [-0.1, -0.05) is 6.08 Å². The number of hydrogen-bond donors (Lipinski definition) is 2. The van der Waals surface area contributed by atoms with E-state index in [4.69, 9.17) is 10.2 Å². The molecule has 0 saturated heterocycles. The Kier molecular flexibility index (Phi) is 2.25. The maximum absolute atomic E-state index is 8.72. The Morgan fingerprint density at radius 3 is 2.78 bits per heavy atom. The van der Waals surface area contributed by atoms with Gasteiger partial charge in [-0.25, -0.2) is 0 Å². The van der Waals surface area contributed by atoms with Gasteiger partial charge in [0.1, 0.15) is 0 Å². The number of hydrogen-bond acceptors (Lipinski definition) is 2. The number of rotatable bonds is 2. The molecule has 0 amide bonds. The minimum atomic E-state index is 0.116. The molecular formula is C7H12O2. The van der Waals surface area contributed by atoms with Crippen LogP contribution < -0.4 is 0 Å². The second kappa shape index (κ2) is 2.99. The molecule has 1 rings (SSSR count). The molecule has 2 N–H and O–H groups in total. The van der Waals surface area contributed by atoms with Crippen LogP contribution in [0.15, 0.2) is 11.6 Å². The van der Waals surface area contributed by atoms with E-state index in [0.717, 1.165) is 18.4 Å². The maximum Gasteiger partial charge on any atom is 0.0645 e. The van der Waals surface area contributed by atoms with Crippen molar-refractivity contribution >= 4 is 0 Å². The predicted octanol–water partition coefficient (Wildman–Crippen LogP) is 0.307. The highest BCUT2D eigenvalue weighted by Crippen LogP contribution is 2.23. The van der Waals surface area contributed by atoms with Crippen molar-refractivity contribution in [1.82, 2.24) is 0 Å². The van der Waals surface area contributed by atoms with E-state index in [1.54, 1.807) is 0 Å². The lowest BCUT2D eigenvalue weighted by Crippen LogP contribution is -2.07. The van der Waals surface area contributed by atoms with Gasteiger partial charge in [-0.2, -0.15) is 0 Å². The average molecular weight is 128 g/mol. The van der Waals surface area contributed by atoms with Gasteiger partial charge in [0.25, 0.3) is 0 Å². The first-order valence-corrected chi connectivity index (χ1v) is 3.29. The predicted molar refractivity (Wildman–Crippen MR) is 35.0 cm³/mol.